The van der Waals surface area contributed by atoms with E-state index in [2.05, 4.69) is 22.5 Å². The number of rotatable bonds is 4. The fourth-order valence-electron chi connectivity index (χ4n) is 0.790. The molecule has 0 rings (SSSR count). The van der Waals surface area contributed by atoms with Crippen LogP contribution in [-0.4, -0.2) is 24.5 Å². The summed E-state index contributed by atoms with van der Waals surface area (Å²) in [4.78, 5) is 11.2. The van der Waals surface area contributed by atoms with Crippen molar-refractivity contribution < 1.29 is 4.79 Å². The van der Waals surface area contributed by atoms with Gasteiger partial charge in [0.25, 0.3) is 0 Å². The van der Waals surface area contributed by atoms with Crippen molar-refractivity contribution in [2.75, 3.05) is 6.54 Å². The molecule has 0 aromatic carbocycles. The summed E-state index contributed by atoms with van der Waals surface area (Å²) in [5.74, 6) is 4.66. The first-order chi connectivity index (χ1) is 6.11. The van der Waals surface area contributed by atoms with Crippen molar-refractivity contribution in [2.45, 2.75) is 25.9 Å². The molecule has 3 heteroatoms. The predicted octanol–water partition coefficient (Wildman–Crippen LogP) is -0.264. The van der Waals surface area contributed by atoms with E-state index < -0.39 is 0 Å². The van der Waals surface area contributed by atoms with E-state index in [1.165, 1.54) is 0 Å². The molecule has 3 nitrogen and oxygen atoms in total. The Hall–Kier alpha value is -1.45. The van der Waals surface area contributed by atoms with Gasteiger partial charge in [-0.3, -0.25) is 10.1 Å². The van der Waals surface area contributed by atoms with E-state index in [1.807, 2.05) is 6.92 Å². The summed E-state index contributed by atoms with van der Waals surface area (Å²) in [7, 11) is 0. The van der Waals surface area contributed by atoms with Gasteiger partial charge in [-0.05, 0) is 13.8 Å². The number of amides is 1. The maximum absolute atomic E-state index is 11.2. The van der Waals surface area contributed by atoms with Gasteiger partial charge in [-0.1, -0.05) is 11.8 Å². The molecule has 0 radical (unpaired) electrons. The van der Waals surface area contributed by atoms with Crippen LogP contribution in [0, 0.1) is 24.7 Å². The van der Waals surface area contributed by atoms with Gasteiger partial charge in [0.1, 0.15) is 0 Å². The normalized spacial score (nSPS) is 13.5. The van der Waals surface area contributed by atoms with Crippen LogP contribution in [0.15, 0.2) is 0 Å². The summed E-state index contributed by atoms with van der Waals surface area (Å²) >= 11 is 0. The second-order valence-corrected chi connectivity index (χ2v) is 2.70. The average molecular weight is 178 g/mol. The molecular formula is C10H14N2O. The molecule has 2 atom stereocenters. The fourth-order valence-corrected chi connectivity index (χ4v) is 0.790. The zero-order valence-corrected chi connectivity index (χ0v) is 7.92. The lowest BCUT2D eigenvalue weighted by Crippen LogP contribution is -2.45. The van der Waals surface area contributed by atoms with E-state index >= 15 is 0 Å². The number of carbonyl (C=O) groups is 1. The first kappa shape index (κ1) is 11.6. The fraction of sp³-hybridized carbons (Fsp3) is 0.500. The molecule has 0 aliphatic heterocycles. The number of terminal acetylenes is 2. The van der Waals surface area contributed by atoms with Crippen LogP contribution in [0.2, 0.25) is 0 Å². The van der Waals surface area contributed by atoms with E-state index in [0.29, 0.717) is 0 Å². The molecule has 0 fully saturated rings. The van der Waals surface area contributed by atoms with Gasteiger partial charge in [0.15, 0.2) is 0 Å². The Morgan fingerprint density at radius 2 is 2.08 bits per heavy atom. The molecule has 2 N–H and O–H groups in total. The van der Waals surface area contributed by atoms with Gasteiger partial charge in [0, 0.05) is 0 Å². The third-order valence-electron chi connectivity index (χ3n) is 1.51. The van der Waals surface area contributed by atoms with Crippen molar-refractivity contribution in [3.63, 3.8) is 0 Å². The summed E-state index contributed by atoms with van der Waals surface area (Å²) < 4.78 is 0. The van der Waals surface area contributed by atoms with Crippen LogP contribution >= 0.6 is 0 Å². The highest BCUT2D eigenvalue weighted by molar-refractivity contribution is 5.81. The highest BCUT2D eigenvalue weighted by Crippen LogP contribution is 1.85. The largest absolute Gasteiger partial charge is 0.344 e. The summed E-state index contributed by atoms with van der Waals surface area (Å²) in [5, 5.41) is 5.48. The van der Waals surface area contributed by atoms with Crippen LogP contribution in [0.5, 0.6) is 0 Å². The Kier molecular flexibility index (Phi) is 5.43. The van der Waals surface area contributed by atoms with Gasteiger partial charge in [-0.15, -0.1) is 12.8 Å². The monoisotopic (exact) mass is 178 g/mol. The lowest BCUT2D eigenvalue weighted by molar-refractivity contribution is -0.122. The molecule has 2 unspecified atom stereocenters. The van der Waals surface area contributed by atoms with Crippen LogP contribution in [0.1, 0.15) is 13.8 Å². The second-order valence-electron chi connectivity index (χ2n) is 2.70. The number of carbonyl (C=O) groups excluding carboxylic acids is 1. The molecule has 0 aromatic rings. The lowest BCUT2D eigenvalue weighted by atomic mass is 10.2. The first-order valence-electron chi connectivity index (χ1n) is 4.05. The highest BCUT2D eigenvalue weighted by atomic mass is 16.2. The highest BCUT2D eigenvalue weighted by Gasteiger charge is 2.12. The minimum Gasteiger partial charge on any atom is -0.344 e. The zero-order chi connectivity index (χ0) is 10.3. The van der Waals surface area contributed by atoms with E-state index in [4.69, 9.17) is 12.8 Å². The van der Waals surface area contributed by atoms with Gasteiger partial charge >= 0.3 is 0 Å². The topological polar surface area (TPSA) is 41.1 Å². The lowest BCUT2D eigenvalue weighted by Gasteiger charge is -2.14. The standard InChI is InChI=1S/C10H14N2O/c1-5-7-11-10(13)9(4)12-8(3)6-2/h1-2,8-9,12H,7H2,3-4H3,(H,11,13). The van der Waals surface area contributed by atoms with Gasteiger partial charge in [0.05, 0.1) is 18.6 Å². The molecule has 0 aromatic heterocycles. The molecule has 0 bridgehead atoms. The van der Waals surface area contributed by atoms with Crippen LogP contribution in [0.25, 0.3) is 0 Å². The third-order valence-corrected chi connectivity index (χ3v) is 1.51. The SMILES string of the molecule is C#CCNC(=O)C(C)NC(C)C#C. The molecule has 0 saturated carbocycles. The summed E-state index contributed by atoms with van der Waals surface area (Å²) in [5.41, 5.74) is 0. The molecule has 1 amide bonds. The van der Waals surface area contributed by atoms with E-state index in [0.717, 1.165) is 0 Å². The minimum absolute atomic E-state index is 0.119. The van der Waals surface area contributed by atoms with Crippen LogP contribution < -0.4 is 10.6 Å². The summed E-state index contributed by atoms with van der Waals surface area (Å²) in [6.45, 7) is 3.79. The van der Waals surface area contributed by atoms with Gasteiger partial charge < -0.3 is 5.32 Å². The van der Waals surface area contributed by atoms with Crippen molar-refractivity contribution in [3.8, 4) is 24.7 Å². The van der Waals surface area contributed by atoms with Crippen LogP contribution in [0.3, 0.4) is 0 Å². The minimum atomic E-state index is -0.320. The van der Waals surface area contributed by atoms with Crippen LogP contribution in [0.4, 0.5) is 0 Å². The molecule has 0 aliphatic rings. The maximum Gasteiger partial charge on any atom is 0.237 e. The Balaban J connectivity index is 3.85. The van der Waals surface area contributed by atoms with E-state index in [9.17, 15) is 4.79 Å². The molecule has 70 valence electrons. The van der Waals surface area contributed by atoms with Crippen molar-refractivity contribution in [3.05, 3.63) is 0 Å². The number of nitrogens with one attached hydrogen (secondary N) is 2. The van der Waals surface area contributed by atoms with Crippen molar-refractivity contribution in [2.24, 2.45) is 0 Å². The zero-order valence-electron chi connectivity index (χ0n) is 7.92. The maximum atomic E-state index is 11.2. The Morgan fingerprint density at radius 3 is 2.54 bits per heavy atom. The van der Waals surface area contributed by atoms with Crippen molar-refractivity contribution in [1.82, 2.24) is 10.6 Å². The molecule has 13 heavy (non-hydrogen) atoms. The molecule has 0 saturated heterocycles. The summed E-state index contributed by atoms with van der Waals surface area (Å²) in [6.07, 6.45) is 10.1. The summed E-state index contributed by atoms with van der Waals surface area (Å²) in [6, 6.07) is -0.439. The average Bonchev–Trinajstić information content (AvgIpc) is 2.13. The smallest absolute Gasteiger partial charge is 0.237 e. The second kappa shape index (κ2) is 6.11. The Bertz CT molecular complexity index is 247. The van der Waals surface area contributed by atoms with Crippen molar-refractivity contribution in [1.29, 1.82) is 0 Å². The third kappa shape index (κ3) is 4.90. The number of hydrogen-bond donors (Lipinski definition) is 2. The number of hydrogen-bond acceptors (Lipinski definition) is 2. The molecular weight excluding hydrogens is 164 g/mol. The Labute approximate surface area is 79.3 Å². The van der Waals surface area contributed by atoms with E-state index in [1.54, 1.807) is 6.92 Å². The molecule has 0 aliphatic carbocycles. The molecule has 0 heterocycles. The van der Waals surface area contributed by atoms with Gasteiger partial charge in [-0.2, -0.15) is 0 Å². The predicted molar refractivity (Wildman–Crippen MR) is 52.7 cm³/mol. The van der Waals surface area contributed by atoms with Gasteiger partial charge in [0.2, 0.25) is 5.91 Å². The van der Waals surface area contributed by atoms with Crippen molar-refractivity contribution >= 4 is 5.91 Å². The van der Waals surface area contributed by atoms with Crippen LogP contribution in [-0.2, 0) is 4.79 Å². The Morgan fingerprint density at radius 1 is 1.46 bits per heavy atom. The van der Waals surface area contributed by atoms with Gasteiger partial charge in [-0.25, -0.2) is 0 Å². The van der Waals surface area contributed by atoms with E-state index in [-0.39, 0.29) is 24.5 Å². The molecule has 0 spiro atoms. The first-order valence-corrected chi connectivity index (χ1v) is 4.05. The quantitative estimate of drug-likeness (QED) is 0.582.